The van der Waals surface area contributed by atoms with E-state index in [2.05, 4.69) is 220 Å². The van der Waals surface area contributed by atoms with Crippen LogP contribution in [0.2, 0.25) is 0 Å². The molecule has 0 radical (unpaired) electrons. The van der Waals surface area contributed by atoms with Gasteiger partial charge in [0.05, 0.1) is 17.5 Å². The number of halogens is 18. The first kappa shape index (κ1) is 134. The molecule has 0 aliphatic carbocycles. The number of aliphatic hydroxyl groups is 1. The maximum Gasteiger partial charge on any atom is 0.450 e. The Hall–Kier alpha value is -9.92. The highest BCUT2D eigenvalue weighted by Gasteiger charge is 2.84. The van der Waals surface area contributed by atoms with E-state index in [1.54, 1.807) is 25.7 Å². The van der Waals surface area contributed by atoms with E-state index >= 15 is 0 Å². The lowest BCUT2D eigenvalue weighted by molar-refractivity contribution is -0.247. The molecule has 2 heterocycles. The van der Waals surface area contributed by atoms with E-state index in [1.807, 2.05) is 20.8 Å². The van der Waals surface area contributed by atoms with Crippen LogP contribution >= 0.6 is 10.5 Å². The molecule has 1 fully saturated rings. The number of rotatable bonds is 35. The van der Waals surface area contributed by atoms with Gasteiger partial charge in [-0.15, -0.1) is 0 Å². The molecule has 0 bridgehead atoms. The lowest BCUT2D eigenvalue weighted by Crippen LogP contribution is -2.61. The zero-order chi connectivity index (χ0) is 106. The smallest absolute Gasteiger partial charge is 0.450 e. The zero-order valence-electron chi connectivity index (χ0n) is 75.9. The topological polar surface area (TPSA) is 331 Å². The van der Waals surface area contributed by atoms with Gasteiger partial charge in [0.1, 0.15) is 34.5 Å². The van der Waals surface area contributed by atoms with Crippen molar-refractivity contribution in [2.24, 2.45) is 0 Å². The van der Waals surface area contributed by atoms with Crippen LogP contribution in [0, 0.1) is 0 Å². The predicted molar refractivity (Wildman–Crippen MR) is 545 cm³/mol. The third kappa shape index (κ3) is 29.9. The van der Waals surface area contributed by atoms with Gasteiger partial charge in [-0.2, -0.15) is 104 Å². The molecule has 12 aromatic rings. The number of unbranched alkanes of at least 4 members (excludes halogenated alkanes) is 1. The molecule has 0 saturated carbocycles. The van der Waals surface area contributed by atoms with Gasteiger partial charge < -0.3 is 36.1 Å². The summed E-state index contributed by atoms with van der Waals surface area (Å²) in [7, 11) is -42.0. The van der Waals surface area contributed by atoms with Crippen LogP contribution in [-0.4, -0.2) is 143 Å². The Balaban J connectivity index is 0.000000597. The first-order chi connectivity index (χ1) is 66.0. The minimum atomic E-state index is -7.33. The second-order valence-corrected chi connectivity index (χ2v) is 46.8. The Labute approximate surface area is 862 Å². The van der Waals surface area contributed by atoms with Crippen molar-refractivity contribution in [1.82, 2.24) is 0 Å². The largest absolute Gasteiger partial charge is 0.743 e. The normalized spacial score (nSPS) is 13.6. The molecule has 1 N–H and O–H groups in total. The van der Waals surface area contributed by atoms with E-state index in [0.29, 0.717) is 46.8 Å². The van der Waals surface area contributed by atoms with Crippen LogP contribution in [0.1, 0.15) is 178 Å². The van der Waals surface area contributed by atoms with Gasteiger partial charge in [-0.3, -0.25) is 0 Å². The van der Waals surface area contributed by atoms with Crippen LogP contribution in [-0.2, 0) is 88.9 Å². The number of hydrogen-bond acceptors (Lipinski definition) is 20. The van der Waals surface area contributed by atoms with Gasteiger partial charge in [0.2, 0.25) is 0 Å². The van der Waals surface area contributed by atoms with Crippen LogP contribution in [0.25, 0.3) is 35.8 Å². The van der Waals surface area contributed by atoms with Gasteiger partial charge in [-0.25, -0.2) is 25.3 Å². The predicted octanol–water partition coefficient (Wildman–Crippen LogP) is 28.5. The van der Waals surface area contributed by atoms with Crippen molar-refractivity contribution in [1.29, 1.82) is 0 Å². The molecule has 20 nitrogen and oxygen atoms in total. The summed E-state index contributed by atoms with van der Waals surface area (Å²) in [5, 5.41) is -26.5. The van der Waals surface area contributed by atoms with Crippen LogP contribution < -0.4 is 17.3 Å². The first-order valence-electron chi connectivity index (χ1n) is 42.7. The van der Waals surface area contributed by atoms with Crippen molar-refractivity contribution in [3.05, 3.63) is 295 Å². The number of benzene rings is 11. The Morgan fingerprint density at radius 3 is 0.899 bits per heavy atom. The van der Waals surface area contributed by atoms with Gasteiger partial charge in [0.15, 0.2) is 64.2 Å². The molecule has 47 heteroatoms. The number of aliphatic hydroxyl groups excluding tert-OH is 1. The number of ether oxygens (including phenoxy) is 1. The second kappa shape index (κ2) is 54.4. The van der Waals surface area contributed by atoms with Crippen molar-refractivity contribution in [3.63, 3.8) is 0 Å². The molecule has 1 aliphatic heterocycles. The summed E-state index contributed by atoms with van der Waals surface area (Å²) < 4.78 is 420. The summed E-state index contributed by atoms with van der Waals surface area (Å²) in [4.78, 5) is 6.99. The molecule has 3 atom stereocenters. The zero-order valence-corrected chi connectivity index (χ0v) is 83.2. The highest BCUT2D eigenvalue weighted by atomic mass is 32.2. The third-order valence-corrected chi connectivity index (χ3v) is 35.5. The minimum Gasteiger partial charge on any atom is -0.743 e. The second-order valence-electron chi connectivity index (χ2n) is 31.5. The molecule has 13 rings (SSSR count). The van der Waals surface area contributed by atoms with Gasteiger partial charge in [-0.05, 0) is 212 Å². The monoisotopic (exact) mass is 2280 g/mol. The molecule has 11 aromatic carbocycles. The molecule has 148 heavy (non-hydrogen) atoms. The summed E-state index contributed by atoms with van der Waals surface area (Å²) >= 11 is 0. The van der Waals surface area contributed by atoms with Crippen LogP contribution in [0.3, 0.4) is 0 Å². The van der Waals surface area contributed by atoms with E-state index in [9.17, 15) is 143 Å². The first-order valence-corrected chi connectivity index (χ1v) is 55.2. The van der Waals surface area contributed by atoms with E-state index in [0.717, 1.165) is 61.6 Å². The van der Waals surface area contributed by atoms with Crippen molar-refractivity contribution < 1.29 is 166 Å². The van der Waals surface area contributed by atoms with Crippen LogP contribution in [0.4, 0.5) is 79.0 Å². The standard InChI is InChI=1S/C20H17OS.C18H23OS.C18H15S.3C13H14F6O6S2.6CH4/c21-14-13-15-9-11-16(12-10-15)22-19-7-3-1-5-17(19)18-6-2-4-8-20(18)22;1-2-3-12-19-17-10-11-18(20-13-6-7-14-20)16-9-5-4-8-15(16)17;1-4-10-16(11-5-1)19(17-12-6-2-7-13-17)18-14-8-3-9-15-18;3*1-3-8(2)9-4-6-10(7-5-9)25-27(23,24)13(18,19)11(14,15)12(16,17)26(20,21)22;;;;;;/h1-12,21H,13-14H2;4-5,8-11H,2-3,6-7,12-14H2,1H3;1-15H;3*4-8H,3H2,1-2H3,(H,20,21,22);6*1H4/q3*+1;;;;;;;;;/p-3. The van der Waals surface area contributed by atoms with Gasteiger partial charge >= 0.3 is 79.6 Å². The number of alkyl halides is 18. The summed E-state index contributed by atoms with van der Waals surface area (Å²) in [5.41, 5.74) is 3.03. The fourth-order valence-electron chi connectivity index (χ4n) is 13.2. The Morgan fingerprint density at radius 1 is 0.345 bits per heavy atom. The molecule has 1 aromatic heterocycles. The molecule has 822 valence electrons. The summed E-state index contributed by atoms with van der Waals surface area (Å²) in [5.74, 6) is -20.3. The third-order valence-electron chi connectivity index (χ3n) is 21.8. The Morgan fingerprint density at radius 2 is 0.622 bits per heavy atom. The molecular weight excluding hydrogens is 2160 g/mol. The Bertz CT molecular complexity index is 6430. The van der Waals surface area contributed by atoms with Crippen molar-refractivity contribution in [2.75, 3.05) is 24.7 Å². The van der Waals surface area contributed by atoms with Gasteiger partial charge in [0.25, 0.3) is 0 Å². The fourth-order valence-corrected chi connectivity index (χ4v) is 24.4. The molecule has 3 unspecified atom stereocenters. The Kier molecular flexibility index (Phi) is 49.3. The number of thiophene rings is 1. The molecule has 0 amide bonds. The maximum atomic E-state index is 13.6. The maximum absolute atomic E-state index is 13.6. The van der Waals surface area contributed by atoms with E-state index in [-0.39, 0.29) is 90.3 Å². The fraction of sp³-hybridized carbons (Fsp3) is 0.366. The summed E-state index contributed by atoms with van der Waals surface area (Å²) in [6.07, 6.45) is 7.78. The minimum absolute atomic E-state index is 0. The molecule has 1 saturated heterocycles. The molecule has 1 aliphatic rings. The van der Waals surface area contributed by atoms with Crippen LogP contribution in [0.15, 0.2) is 293 Å². The highest BCUT2D eigenvalue weighted by molar-refractivity contribution is 7.97. The van der Waals surface area contributed by atoms with E-state index in [4.69, 9.17) is 9.84 Å². The summed E-state index contributed by atoms with van der Waals surface area (Å²) in [6, 6.07) is 83.8. The van der Waals surface area contributed by atoms with Gasteiger partial charge in [0, 0.05) is 49.5 Å². The lowest BCUT2D eigenvalue weighted by Gasteiger charge is -2.32. The summed E-state index contributed by atoms with van der Waals surface area (Å²) in [6.45, 7) is 14.0. The SMILES string of the molecule is C.C.C.C.C.C.CCC(C)c1ccc(OS(=O)(=O)C(F)(F)C(F)(F)C(F)(F)S(=O)(=O)[O-])cc1.CCC(C)c1ccc(OS(=O)(=O)C(F)(F)C(F)(F)C(F)(F)S(=O)(=O)[O-])cc1.CCC(C)c1ccc(OS(=O)(=O)C(F)(F)C(F)(F)C(F)(F)S(=O)(=O)[O-])cc1.CCCCOc1ccc([S+]2CCCC2)c2ccccc12.OCCc1ccc(-[s+]2c3ccccc3c3ccccc32)cc1.c1ccc([S+](c2ccccc2)c2ccccc2)cc1. The number of hydrogen-bond donors (Lipinski definition) is 1. The lowest BCUT2D eigenvalue weighted by atomic mass is 9.99. The van der Waals surface area contributed by atoms with Crippen molar-refractivity contribution >= 4 is 124 Å². The molecule has 0 spiro atoms. The van der Waals surface area contributed by atoms with Crippen molar-refractivity contribution in [2.45, 2.75) is 231 Å². The quantitative estimate of drug-likeness (QED) is 0.0127. The average molecular weight is 2280 g/mol. The van der Waals surface area contributed by atoms with Gasteiger partial charge in [-0.1, -0.05) is 245 Å². The van der Waals surface area contributed by atoms with Crippen LogP contribution in [0.5, 0.6) is 23.0 Å². The highest BCUT2D eigenvalue weighted by Crippen LogP contribution is 2.55. The number of fused-ring (bicyclic) bond motifs is 4. The van der Waals surface area contributed by atoms with E-state index in [1.165, 1.54) is 123 Å². The molecular formula is C101H118F18O20S9. The van der Waals surface area contributed by atoms with Crippen molar-refractivity contribution in [3.8, 4) is 27.9 Å². The average Bonchev–Trinajstić information content (AvgIpc) is 0.773. The van der Waals surface area contributed by atoms with E-state index < -0.39 is 127 Å².